The Bertz CT molecular complexity index is 292. The van der Waals surface area contributed by atoms with E-state index in [1.54, 1.807) is 11.8 Å². The van der Waals surface area contributed by atoms with Crippen molar-refractivity contribution in [3.05, 3.63) is 17.0 Å². The van der Waals surface area contributed by atoms with E-state index in [1.165, 1.54) is 5.56 Å². The Morgan fingerprint density at radius 1 is 1.14 bits per heavy atom. The van der Waals surface area contributed by atoms with E-state index in [0.29, 0.717) is 0 Å². The fraction of sp³-hybridized carbons (Fsp3) is 0.600. The third-order valence-electron chi connectivity index (χ3n) is 2.12. The van der Waals surface area contributed by atoms with Gasteiger partial charge in [0, 0.05) is 22.5 Å². The molecule has 2 nitrogen and oxygen atoms in total. The van der Waals surface area contributed by atoms with E-state index in [1.807, 2.05) is 13.8 Å². The average molecular weight is 275 g/mol. The molecule has 1 aromatic rings. The van der Waals surface area contributed by atoms with Crippen LogP contribution < -0.4 is 0 Å². The second kappa shape index (κ2) is 5.71. The predicted molar refractivity (Wildman–Crippen MR) is 65.4 cm³/mol. The van der Waals surface area contributed by atoms with Gasteiger partial charge in [-0.1, -0.05) is 27.7 Å². The van der Waals surface area contributed by atoms with E-state index in [4.69, 9.17) is 0 Å². The zero-order valence-corrected chi connectivity index (χ0v) is 11.2. The summed E-state index contributed by atoms with van der Waals surface area (Å²) in [7, 11) is 0. The molecule has 0 N–H and O–H groups in total. The molecule has 1 aromatic heterocycles. The molecule has 14 heavy (non-hydrogen) atoms. The van der Waals surface area contributed by atoms with Gasteiger partial charge in [-0.05, 0) is 32.8 Å². The smallest absolute Gasteiger partial charge is 0.187 e. The molecule has 0 saturated heterocycles. The van der Waals surface area contributed by atoms with Crippen LogP contribution in [0.25, 0.3) is 0 Å². The summed E-state index contributed by atoms with van der Waals surface area (Å²) in [6.07, 6.45) is 1.15. The first-order chi connectivity index (χ1) is 6.65. The molecule has 0 bridgehead atoms. The van der Waals surface area contributed by atoms with Crippen LogP contribution in [0.2, 0.25) is 0 Å². The normalized spacial score (nSPS) is 10.6. The van der Waals surface area contributed by atoms with Crippen LogP contribution in [0.4, 0.5) is 0 Å². The second-order valence-electron chi connectivity index (χ2n) is 3.19. The molecule has 0 amide bonds. The van der Waals surface area contributed by atoms with Gasteiger partial charge in [0.2, 0.25) is 0 Å². The minimum atomic E-state index is 0.909. The number of aryl methyl sites for hydroxylation is 2. The molecule has 0 unspecified atom stereocenters. The molecule has 78 valence electrons. The van der Waals surface area contributed by atoms with Crippen LogP contribution in [0.15, 0.2) is 5.16 Å². The number of alkyl halides is 1. The number of rotatable bonds is 4. The first-order valence-corrected chi connectivity index (χ1v) is 6.76. The highest BCUT2D eigenvalue weighted by molar-refractivity contribution is 9.09. The molecule has 0 aliphatic rings. The lowest BCUT2D eigenvalue weighted by atomic mass is 10.2. The van der Waals surface area contributed by atoms with Crippen molar-refractivity contribution < 1.29 is 0 Å². The summed E-state index contributed by atoms with van der Waals surface area (Å²) >= 11 is 5.14. The van der Waals surface area contributed by atoms with Crippen molar-refractivity contribution in [3.63, 3.8) is 0 Å². The maximum atomic E-state index is 4.44. The third-order valence-corrected chi connectivity index (χ3v) is 3.62. The Kier molecular flexibility index (Phi) is 4.89. The number of nitrogens with zero attached hydrogens (tertiary/aromatic N) is 2. The quantitative estimate of drug-likeness (QED) is 0.365. The van der Waals surface area contributed by atoms with E-state index < -0.39 is 0 Å². The van der Waals surface area contributed by atoms with Gasteiger partial charge in [0.05, 0.1) is 0 Å². The average Bonchev–Trinajstić information content (AvgIpc) is 2.14. The van der Waals surface area contributed by atoms with E-state index in [2.05, 4.69) is 32.8 Å². The minimum absolute atomic E-state index is 0.909. The molecule has 0 saturated carbocycles. The van der Waals surface area contributed by atoms with Crippen LogP contribution >= 0.6 is 27.7 Å². The summed E-state index contributed by atoms with van der Waals surface area (Å²) in [6.45, 7) is 6.15. The van der Waals surface area contributed by atoms with E-state index in [0.717, 1.165) is 34.0 Å². The van der Waals surface area contributed by atoms with Crippen LogP contribution in [0.5, 0.6) is 0 Å². The second-order valence-corrected chi connectivity index (χ2v) is 5.05. The van der Waals surface area contributed by atoms with Crippen molar-refractivity contribution in [2.24, 2.45) is 0 Å². The summed E-state index contributed by atoms with van der Waals surface area (Å²) in [5.41, 5.74) is 3.40. The van der Waals surface area contributed by atoms with Crippen molar-refractivity contribution in [3.8, 4) is 0 Å². The molecule has 0 aromatic carbocycles. The summed E-state index contributed by atoms with van der Waals surface area (Å²) in [5.74, 6) is 1.08. The van der Waals surface area contributed by atoms with Gasteiger partial charge in [-0.15, -0.1) is 0 Å². The Morgan fingerprint density at radius 2 is 1.71 bits per heavy atom. The van der Waals surface area contributed by atoms with Crippen LogP contribution in [0.1, 0.15) is 23.4 Å². The Labute approximate surface area is 98.1 Å². The summed E-state index contributed by atoms with van der Waals surface area (Å²) in [4.78, 5) is 8.88. The first-order valence-electron chi connectivity index (χ1n) is 4.65. The first kappa shape index (κ1) is 12.0. The van der Waals surface area contributed by atoms with Crippen LogP contribution in [-0.2, 0) is 0 Å². The van der Waals surface area contributed by atoms with Crippen molar-refractivity contribution in [1.82, 2.24) is 9.97 Å². The molecule has 0 fully saturated rings. The zero-order chi connectivity index (χ0) is 10.6. The topological polar surface area (TPSA) is 25.8 Å². The molecule has 0 aliphatic heterocycles. The highest BCUT2D eigenvalue weighted by Gasteiger charge is 2.04. The zero-order valence-electron chi connectivity index (χ0n) is 8.80. The summed E-state index contributed by atoms with van der Waals surface area (Å²) < 4.78 is 0. The standard InChI is InChI=1S/C10H15BrN2S/c1-7-8(2)12-10(13-9(7)3)14-6-4-5-11/h4-6H2,1-3H3. The Balaban J connectivity index is 2.69. The number of hydrogen-bond acceptors (Lipinski definition) is 3. The van der Waals surface area contributed by atoms with Crippen LogP contribution in [0.3, 0.4) is 0 Å². The molecular formula is C10H15BrN2S. The number of hydrogen-bond donors (Lipinski definition) is 0. The summed E-state index contributed by atoms with van der Waals surface area (Å²) in [6, 6.07) is 0. The molecule has 0 spiro atoms. The molecule has 0 radical (unpaired) electrons. The van der Waals surface area contributed by atoms with Crippen molar-refractivity contribution in [2.45, 2.75) is 32.3 Å². The van der Waals surface area contributed by atoms with Gasteiger partial charge in [0.15, 0.2) is 5.16 Å². The lowest BCUT2D eigenvalue weighted by Gasteiger charge is -2.05. The lowest BCUT2D eigenvalue weighted by molar-refractivity contribution is 0.879. The maximum Gasteiger partial charge on any atom is 0.187 e. The largest absolute Gasteiger partial charge is 0.228 e. The van der Waals surface area contributed by atoms with Crippen LogP contribution in [-0.4, -0.2) is 21.1 Å². The predicted octanol–water partition coefficient (Wildman–Crippen LogP) is 3.28. The highest BCUT2D eigenvalue weighted by atomic mass is 79.9. The Hall–Kier alpha value is -0.0900. The van der Waals surface area contributed by atoms with Gasteiger partial charge in [-0.3, -0.25) is 0 Å². The van der Waals surface area contributed by atoms with Gasteiger partial charge in [0.25, 0.3) is 0 Å². The van der Waals surface area contributed by atoms with Crippen molar-refractivity contribution in [2.75, 3.05) is 11.1 Å². The molecule has 1 heterocycles. The SMILES string of the molecule is Cc1nc(SCCCBr)nc(C)c1C. The van der Waals surface area contributed by atoms with Crippen molar-refractivity contribution >= 4 is 27.7 Å². The van der Waals surface area contributed by atoms with Gasteiger partial charge in [-0.2, -0.15) is 0 Å². The van der Waals surface area contributed by atoms with E-state index >= 15 is 0 Å². The maximum absolute atomic E-state index is 4.44. The monoisotopic (exact) mass is 274 g/mol. The van der Waals surface area contributed by atoms with Crippen LogP contribution in [0, 0.1) is 20.8 Å². The van der Waals surface area contributed by atoms with Gasteiger partial charge >= 0.3 is 0 Å². The minimum Gasteiger partial charge on any atom is -0.228 e. The molecule has 0 aliphatic carbocycles. The van der Waals surface area contributed by atoms with Gasteiger partial charge < -0.3 is 0 Å². The molecule has 4 heteroatoms. The molecule has 1 rings (SSSR count). The summed E-state index contributed by atoms with van der Waals surface area (Å²) in [5, 5.41) is 1.95. The third kappa shape index (κ3) is 3.24. The van der Waals surface area contributed by atoms with E-state index in [9.17, 15) is 0 Å². The Morgan fingerprint density at radius 3 is 2.21 bits per heavy atom. The molecule has 0 atom stereocenters. The van der Waals surface area contributed by atoms with Crippen molar-refractivity contribution in [1.29, 1.82) is 0 Å². The number of aromatic nitrogens is 2. The van der Waals surface area contributed by atoms with Gasteiger partial charge in [-0.25, -0.2) is 9.97 Å². The van der Waals surface area contributed by atoms with Gasteiger partial charge in [0.1, 0.15) is 0 Å². The van der Waals surface area contributed by atoms with E-state index in [-0.39, 0.29) is 0 Å². The number of thioether (sulfide) groups is 1. The lowest BCUT2D eigenvalue weighted by Crippen LogP contribution is -1.98. The fourth-order valence-electron chi connectivity index (χ4n) is 1.02. The molecular weight excluding hydrogens is 260 g/mol. The highest BCUT2D eigenvalue weighted by Crippen LogP contribution is 2.17. The number of halogens is 1. The fourth-order valence-corrected chi connectivity index (χ4v) is 2.55.